The predicted molar refractivity (Wildman–Crippen MR) is 108 cm³/mol. The molecule has 2 unspecified atom stereocenters. The molecular formula is C21H23N5O2. The first-order valence-electron chi connectivity index (χ1n) is 9.42. The minimum absolute atomic E-state index is 0.0178. The summed E-state index contributed by atoms with van der Waals surface area (Å²) < 4.78 is 0. The fourth-order valence-corrected chi connectivity index (χ4v) is 3.52. The smallest absolute Gasteiger partial charge is 0.255 e. The summed E-state index contributed by atoms with van der Waals surface area (Å²) in [5, 5.41) is 6.25. The van der Waals surface area contributed by atoms with Crippen molar-refractivity contribution in [1.82, 2.24) is 20.2 Å². The Morgan fingerprint density at radius 2 is 2.00 bits per heavy atom. The summed E-state index contributed by atoms with van der Waals surface area (Å²) in [7, 11) is 0. The van der Waals surface area contributed by atoms with E-state index >= 15 is 0 Å². The summed E-state index contributed by atoms with van der Waals surface area (Å²) in [6.07, 6.45) is 1.60. The third-order valence-corrected chi connectivity index (χ3v) is 5.34. The van der Waals surface area contributed by atoms with E-state index in [2.05, 4.69) is 27.5 Å². The van der Waals surface area contributed by atoms with E-state index in [9.17, 15) is 9.59 Å². The van der Waals surface area contributed by atoms with Crippen molar-refractivity contribution in [1.29, 1.82) is 0 Å². The van der Waals surface area contributed by atoms with Gasteiger partial charge in [-0.3, -0.25) is 9.59 Å². The van der Waals surface area contributed by atoms with Gasteiger partial charge in [0, 0.05) is 42.0 Å². The van der Waals surface area contributed by atoms with Crippen LogP contribution in [0, 0.1) is 0 Å². The van der Waals surface area contributed by atoms with Gasteiger partial charge in [-0.15, -0.1) is 0 Å². The molecule has 7 heteroatoms. The van der Waals surface area contributed by atoms with Crippen LogP contribution in [0.4, 0.5) is 5.69 Å². The number of benzene rings is 2. The maximum Gasteiger partial charge on any atom is 0.255 e. The molecule has 2 aromatic carbocycles. The number of nitrogens with one attached hydrogen (secondary N) is 3. The first kappa shape index (κ1) is 18.2. The summed E-state index contributed by atoms with van der Waals surface area (Å²) >= 11 is 0. The SMILES string of the molecule is CC1NCCN(C(=O)c2cccc(NC(=O)c3ccc4nc[nH]c4c3)c2)C1C. The van der Waals surface area contributed by atoms with Gasteiger partial charge in [-0.1, -0.05) is 6.07 Å². The van der Waals surface area contributed by atoms with Gasteiger partial charge in [-0.2, -0.15) is 0 Å². The van der Waals surface area contributed by atoms with Crippen molar-refractivity contribution >= 4 is 28.5 Å². The molecule has 2 atom stereocenters. The number of imidazole rings is 1. The number of carbonyl (C=O) groups is 2. The van der Waals surface area contributed by atoms with Crippen LogP contribution in [0.25, 0.3) is 11.0 Å². The molecule has 7 nitrogen and oxygen atoms in total. The molecule has 0 aliphatic carbocycles. The van der Waals surface area contributed by atoms with Crippen LogP contribution in [0.1, 0.15) is 34.6 Å². The zero-order chi connectivity index (χ0) is 19.7. The molecule has 3 N–H and O–H groups in total. The van der Waals surface area contributed by atoms with Gasteiger partial charge in [0.2, 0.25) is 0 Å². The van der Waals surface area contributed by atoms with E-state index in [1.54, 1.807) is 48.8 Å². The van der Waals surface area contributed by atoms with E-state index in [4.69, 9.17) is 0 Å². The zero-order valence-electron chi connectivity index (χ0n) is 15.9. The number of hydrogen-bond donors (Lipinski definition) is 3. The molecule has 144 valence electrons. The topological polar surface area (TPSA) is 90.1 Å². The first-order chi connectivity index (χ1) is 13.5. The van der Waals surface area contributed by atoms with Crippen LogP contribution in [0.5, 0.6) is 0 Å². The van der Waals surface area contributed by atoms with Crippen molar-refractivity contribution in [3.8, 4) is 0 Å². The molecule has 2 heterocycles. The number of fused-ring (bicyclic) bond motifs is 1. The predicted octanol–water partition coefficient (Wildman–Crippen LogP) is 2.64. The fourth-order valence-electron chi connectivity index (χ4n) is 3.52. The van der Waals surface area contributed by atoms with Gasteiger partial charge in [0.15, 0.2) is 0 Å². The van der Waals surface area contributed by atoms with E-state index in [-0.39, 0.29) is 23.9 Å². The van der Waals surface area contributed by atoms with E-state index < -0.39 is 0 Å². The van der Waals surface area contributed by atoms with Crippen molar-refractivity contribution in [3.63, 3.8) is 0 Å². The molecular weight excluding hydrogens is 354 g/mol. The second-order valence-corrected chi connectivity index (χ2v) is 7.15. The molecule has 0 spiro atoms. The summed E-state index contributed by atoms with van der Waals surface area (Å²) in [5.74, 6) is -0.249. The molecule has 2 amide bonds. The molecule has 1 aliphatic heterocycles. The minimum Gasteiger partial charge on any atom is -0.345 e. The Kier molecular flexibility index (Phi) is 4.83. The highest BCUT2D eigenvalue weighted by Gasteiger charge is 2.28. The average Bonchev–Trinajstić information content (AvgIpc) is 3.17. The summed E-state index contributed by atoms with van der Waals surface area (Å²) in [4.78, 5) is 34.6. The van der Waals surface area contributed by atoms with Gasteiger partial charge >= 0.3 is 0 Å². The Morgan fingerprint density at radius 1 is 1.14 bits per heavy atom. The van der Waals surface area contributed by atoms with Crippen molar-refractivity contribution in [2.24, 2.45) is 0 Å². The number of nitrogens with zero attached hydrogens (tertiary/aromatic N) is 2. The van der Waals surface area contributed by atoms with Crippen molar-refractivity contribution in [2.45, 2.75) is 25.9 Å². The molecule has 0 saturated carbocycles. The number of aromatic nitrogens is 2. The van der Waals surface area contributed by atoms with Crippen molar-refractivity contribution < 1.29 is 9.59 Å². The molecule has 1 aliphatic rings. The number of aromatic amines is 1. The Balaban J connectivity index is 1.51. The minimum atomic E-state index is -0.231. The lowest BCUT2D eigenvalue weighted by Crippen LogP contribution is -2.57. The van der Waals surface area contributed by atoms with Gasteiger partial charge in [0.25, 0.3) is 11.8 Å². The number of amides is 2. The monoisotopic (exact) mass is 377 g/mol. The second-order valence-electron chi connectivity index (χ2n) is 7.15. The summed E-state index contributed by atoms with van der Waals surface area (Å²) in [6, 6.07) is 12.7. The van der Waals surface area contributed by atoms with E-state index in [1.165, 1.54) is 0 Å². The lowest BCUT2D eigenvalue weighted by Gasteiger charge is -2.38. The highest BCUT2D eigenvalue weighted by molar-refractivity contribution is 6.06. The fraction of sp³-hybridized carbons (Fsp3) is 0.286. The molecule has 0 radical (unpaired) electrons. The lowest BCUT2D eigenvalue weighted by atomic mass is 10.0. The van der Waals surface area contributed by atoms with E-state index in [0.29, 0.717) is 23.4 Å². The average molecular weight is 377 g/mol. The van der Waals surface area contributed by atoms with Gasteiger partial charge in [-0.25, -0.2) is 4.98 Å². The van der Waals surface area contributed by atoms with Gasteiger partial charge in [-0.05, 0) is 50.2 Å². The first-order valence-corrected chi connectivity index (χ1v) is 9.42. The number of hydrogen-bond acceptors (Lipinski definition) is 4. The number of carbonyl (C=O) groups excluding carboxylic acids is 2. The third-order valence-electron chi connectivity index (χ3n) is 5.34. The highest BCUT2D eigenvalue weighted by Crippen LogP contribution is 2.18. The summed E-state index contributed by atoms with van der Waals surface area (Å²) in [5.41, 5.74) is 3.30. The molecule has 1 fully saturated rings. The molecule has 1 aromatic heterocycles. The molecule has 0 bridgehead atoms. The highest BCUT2D eigenvalue weighted by atomic mass is 16.2. The number of rotatable bonds is 3. The maximum atomic E-state index is 13.0. The van der Waals surface area contributed by atoms with Crippen LogP contribution in [0.3, 0.4) is 0 Å². The quantitative estimate of drug-likeness (QED) is 0.655. The zero-order valence-corrected chi connectivity index (χ0v) is 15.9. The lowest BCUT2D eigenvalue weighted by molar-refractivity contribution is 0.0603. The van der Waals surface area contributed by atoms with E-state index in [0.717, 1.165) is 17.6 Å². The number of anilines is 1. The van der Waals surface area contributed by atoms with Crippen LogP contribution in [-0.4, -0.2) is 51.9 Å². The van der Waals surface area contributed by atoms with Gasteiger partial charge in [0.1, 0.15) is 0 Å². The third kappa shape index (κ3) is 3.48. The molecule has 3 aromatic rings. The Bertz CT molecular complexity index is 1030. The maximum absolute atomic E-state index is 13.0. The number of H-pyrrole nitrogens is 1. The van der Waals surface area contributed by atoms with Crippen LogP contribution in [0.2, 0.25) is 0 Å². The van der Waals surface area contributed by atoms with Crippen LogP contribution in [-0.2, 0) is 0 Å². The molecule has 4 rings (SSSR count). The normalized spacial score (nSPS) is 19.6. The molecule has 1 saturated heterocycles. The van der Waals surface area contributed by atoms with E-state index in [1.807, 2.05) is 11.8 Å². The van der Waals surface area contributed by atoms with Crippen LogP contribution in [0.15, 0.2) is 48.8 Å². The molecule has 28 heavy (non-hydrogen) atoms. The Morgan fingerprint density at radius 3 is 2.86 bits per heavy atom. The standard InChI is InChI=1S/C21H23N5O2/c1-13-14(2)26(9-8-22-13)21(28)16-4-3-5-17(10-16)25-20(27)15-6-7-18-19(11-15)24-12-23-18/h3-7,10-14,22H,8-9H2,1-2H3,(H,23,24)(H,25,27). The Hall–Kier alpha value is -3.19. The largest absolute Gasteiger partial charge is 0.345 e. The van der Waals surface area contributed by atoms with Crippen LogP contribution < -0.4 is 10.6 Å². The summed E-state index contributed by atoms with van der Waals surface area (Å²) in [6.45, 7) is 5.58. The van der Waals surface area contributed by atoms with Crippen molar-refractivity contribution in [3.05, 3.63) is 59.9 Å². The van der Waals surface area contributed by atoms with Crippen molar-refractivity contribution in [2.75, 3.05) is 18.4 Å². The van der Waals surface area contributed by atoms with Crippen LogP contribution >= 0.6 is 0 Å². The van der Waals surface area contributed by atoms with Gasteiger partial charge < -0.3 is 20.5 Å². The number of piperazine rings is 1. The Labute approximate surface area is 163 Å². The van der Waals surface area contributed by atoms with Gasteiger partial charge in [0.05, 0.1) is 17.4 Å². The second kappa shape index (κ2) is 7.44.